The Balaban J connectivity index is 3.04. The molecule has 0 unspecified atom stereocenters. The molecule has 2 heteroatoms. The number of aliphatic hydroxyl groups excluding tert-OH is 1. The maximum atomic E-state index is 8.58. The van der Waals surface area contributed by atoms with Crippen LogP contribution in [0.4, 0.5) is 0 Å². The molecule has 1 aromatic carbocycles. The van der Waals surface area contributed by atoms with Crippen LogP contribution in [0.15, 0.2) is 24.3 Å². The number of aliphatic hydroxyl groups is 1. The summed E-state index contributed by atoms with van der Waals surface area (Å²) in [6, 6.07) is 5.74. The Morgan fingerprint density at radius 1 is 1.50 bits per heavy atom. The molecule has 0 aromatic heterocycles. The average molecular weight is 183 g/mol. The van der Waals surface area contributed by atoms with Crippen LogP contribution in [0, 0.1) is 6.92 Å². The molecular weight excluding hydrogens is 172 g/mol. The van der Waals surface area contributed by atoms with Crippen molar-refractivity contribution in [3.63, 3.8) is 0 Å². The quantitative estimate of drug-likeness (QED) is 0.746. The molecule has 0 bridgehead atoms. The highest BCUT2D eigenvalue weighted by atomic mass is 35.5. The maximum Gasteiger partial charge on any atom is 0.0615 e. The van der Waals surface area contributed by atoms with Crippen molar-refractivity contribution in [1.29, 1.82) is 0 Å². The predicted octanol–water partition coefficient (Wildman–Crippen LogP) is 2.65. The first-order valence-electron chi connectivity index (χ1n) is 3.78. The van der Waals surface area contributed by atoms with E-state index in [9.17, 15) is 0 Å². The zero-order valence-corrected chi connectivity index (χ0v) is 7.67. The van der Waals surface area contributed by atoms with Crippen LogP contribution in [0.25, 0.3) is 6.08 Å². The highest BCUT2D eigenvalue weighted by Gasteiger charge is 1.97. The molecule has 0 saturated carbocycles. The third kappa shape index (κ3) is 2.10. The highest BCUT2D eigenvalue weighted by Crippen LogP contribution is 2.20. The van der Waals surface area contributed by atoms with Crippen LogP contribution in [-0.4, -0.2) is 11.7 Å². The molecule has 0 radical (unpaired) electrons. The fourth-order valence-corrected chi connectivity index (χ4v) is 1.31. The van der Waals surface area contributed by atoms with Crippen molar-refractivity contribution in [2.75, 3.05) is 6.61 Å². The van der Waals surface area contributed by atoms with Gasteiger partial charge in [0.25, 0.3) is 0 Å². The highest BCUT2D eigenvalue weighted by molar-refractivity contribution is 6.32. The topological polar surface area (TPSA) is 20.2 Å². The van der Waals surface area contributed by atoms with Gasteiger partial charge in [0.05, 0.1) is 6.61 Å². The molecule has 0 heterocycles. The summed E-state index contributed by atoms with van der Waals surface area (Å²) in [6.45, 7) is 2.04. The van der Waals surface area contributed by atoms with E-state index in [4.69, 9.17) is 16.7 Å². The number of halogens is 1. The zero-order valence-electron chi connectivity index (χ0n) is 6.92. The van der Waals surface area contributed by atoms with Gasteiger partial charge in [-0.1, -0.05) is 35.9 Å². The lowest BCUT2D eigenvalue weighted by molar-refractivity contribution is 0.343. The Labute approximate surface area is 77.3 Å². The van der Waals surface area contributed by atoms with Crippen molar-refractivity contribution in [1.82, 2.24) is 0 Å². The average Bonchev–Trinajstić information content (AvgIpc) is 2.04. The third-order valence-electron chi connectivity index (χ3n) is 1.66. The van der Waals surface area contributed by atoms with Gasteiger partial charge in [-0.2, -0.15) is 0 Å². The van der Waals surface area contributed by atoms with Crippen LogP contribution in [0.5, 0.6) is 0 Å². The molecule has 0 saturated heterocycles. The van der Waals surface area contributed by atoms with Gasteiger partial charge >= 0.3 is 0 Å². The number of benzene rings is 1. The molecular formula is C10H11ClO. The molecule has 0 atom stereocenters. The molecule has 0 amide bonds. The van der Waals surface area contributed by atoms with E-state index < -0.39 is 0 Å². The molecule has 0 spiro atoms. The predicted molar refractivity (Wildman–Crippen MR) is 52.3 cm³/mol. The summed E-state index contributed by atoms with van der Waals surface area (Å²) in [5.41, 5.74) is 2.10. The first-order chi connectivity index (χ1) is 5.75. The van der Waals surface area contributed by atoms with Crippen LogP contribution in [-0.2, 0) is 0 Å². The van der Waals surface area contributed by atoms with E-state index in [0.717, 1.165) is 16.1 Å². The van der Waals surface area contributed by atoms with Crippen molar-refractivity contribution in [2.24, 2.45) is 0 Å². The van der Waals surface area contributed by atoms with E-state index in [-0.39, 0.29) is 6.61 Å². The largest absolute Gasteiger partial charge is 0.392 e. The summed E-state index contributed by atoms with van der Waals surface area (Å²) >= 11 is 5.93. The monoisotopic (exact) mass is 182 g/mol. The second kappa shape index (κ2) is 4.29. The summed E-state index contributed by atoms with van der Waals surface area (Å²) < 4.78 is 0. The van der Waals surface area contributed by atoms with Gasteiger partial charge in [0, 0.05) is 5.02 Å². The molecule has 64 valence electrons. The van der Waals surface area contributed by atoms with Gasteiger partial charge in [0.2, 0.25) is 0 Å². The lowest BCUT2D eigenvalue weighted by Gasteiger charge is -2.01. The van der Waals surface area contributed by atoms with Crippen molar-refractivity contribution in [3.8, 4) is 0 Å². The Hall–Kier alpha value is -0.790. The normalized spacial score (nSPS) is 10.9. The van der Waals surface area contributed by atoms with Crippen molar-refractivity contribution in [3.05, 3.63) is 40.4 Å². The minimum atomic E-state index is 0.0463. The van der Waals surface area contributed by atoms with Gasteiger partial charge in [0.15, 0.2) is 0 Å². The summed E-state index contributed by atoms with van der Waals surface area (Å²) in [6.07, 6.45) is 3.51. The molecule has 0 aliphatic rings. The van der Waals surface area contributed by atoms with Gasteiger partial charge in [-0.25, -0.2) is 0 Å². The van der Waals surface area contributed by atoms with E-state index in [1.54, 1.807) is 6.08 Å². The fourth-order valence-electron chi connectivity index (χ4n) is 1.03. The molecule has 0 fully saturated rings. The molecule has 12 heavy (non-hydrogen) atoms. The Bertz CT molecular complexity index is 272. The second-order valence-corrected chi connectivity index (χ2v) is 2.96. The number of hydrogen-bond acceptors (Lipinski definition) is 1. The van der Waals surface area contributed by atoms with Crippen LogP contribution in [0.2, 0.25) is 5.02 Å². The number of rotatable bonds is 2. The molecule has 1 rings (SSSR count). The molecule has 1 N–H and O–H groups in total. The smallest absolute Gasteiger partial charge is 0.0615 e. The maximum absolute atomic E-state index is 8.58. The summed E-state index contributed by atoms with van der Waals surface area (Å²) in [5, 5.41) is 9.30. The second-order valence-electron chi connectivity index (χ2n) is 2.56. The standard InChI is InChI=1S/C10H11ClO/c1-8-4-2-6-10(11)9(8)5-3-7-12/h2-6,12H,7H2,1H3/b5-3+. The van der Waals surface area contributed by atoms with E-state index in [1.165, 1.54) is 0 Å². The lowest BCUT2D eigenvalue weighted by Crippen LogP contribution is -1.82. The first kappa shape index (κ1) is 9.30. The SMILES string of the molecule is Cc1cccc(Cl)c1/C=C/CO. The van der Waals surface area contributed by atoms with E-state index in [1.807, 2.05) is 31.2 Å². The zero-order chi connectivity index (χ0) is 8.97. The third-order valence-corrected chi connectivity index (χ3v) is 1.99. The minimum absolute atomic E-state index is 0.0463. The molecule has 0 aliphatic heterocycles. The van der Waals surface area contributed by atoms with E-state index in [0.29, 0.717) is 0 Å². The van der Waals surface area contributed by atoms with Crippen LogP contribution in [0.3, 0.4) is 0 Å². The van der Waals surface area contributed by atoms with E-state index in [2.05, 4.69) is 0 Å². The summed E-state index contributed by atoms with van der Waals surface area (Å²) in [7, 11) is 0. The van der Waals surface area contributed by atoms with Crippen molar-refractivity contribution in [2.45, 2.75) is 6.92 Å². The van der Waals surface area contributed by atoms with Gasteiger partial charge < -0.3 is 5.11 Å². The molecule has 1 nitrogen and oxygen atoms in total. The molecule has 1 aromatic rings. The van der Waals surface area contributed by atoms with Crippen molar-refractivity contribution >= 4 is 17.7 Å². The summed E-state index contributed by atoms with van der Waals surface area (Å²) in [4.78, 5) is 0. The molecule has 0 aliphatic carbocycles. The van der Waals surface area contributed by atoms with Crippen LogP contribution >= 0.6 is 11.6 Å². The van der Waals surface area contributed by atoms with Gasteiger partial charge in [-0.3, -0.25) is 0 Å². The van der Waals surface area contributed by atoms with Gasteiger partial charge in [0.1, 0.15) is 0 Å². The lowest BCUT2D eigenvalue weighted by atomic mass is 10.1. The summed E-state index contributed by atoms with van der Waals surface area (Å²) in [5.74, 6) is 0. The Morgan fingerprint density at radius 3 is 2.83 bits per heavy atom. The van der Waals surface area contributed by atoms with Gasteiger partial charge in [-0.15, -0.1) is 0 Å². The van der Waals surface area contributed by atoms with Gasteiger partial charge in [-0.05, 0) is 24.1 Å². The minimum Gasteiger partial charge on any atom is -0.392 e. The first-order valence-corrected chi connectivity index (χ1v) is 4.16. The van der Waals surface area contributed by atoms with Crippen LogP contribution < -0.4 is 0 Å². The fraction of sp³-hybridized carbons (Fsp3) is 0.200. The Morgan fingerprint density at radius 2 is 2.25 bits per heavy atom. The number of hydrogen-bond donors (Lipinski definition) is 1. The number of aryl methyl sites for hydroxylation is 1. The van der Waals surface area contributed by atoms with Crippen molar-refractivity contribution < 1.29 is 5.11 Å². The van der Waals surface area contributed by atoms with Crippen LogP contribution in [0.1, 0.15) is 11.1 Å². The van der Waals surface area contributed by atoms with E-state index >= 15 is 0 Å². The Kier molecular flexibility index (Phi) is 3.32.